The van der Waals surface area contributed by atoms with Crippen LogP contribution in [0.15, 0.2) is 48.5 Å². The lowest BCUT2D eigenvalue weighted by Crippen LogP contribution is -2.52. The van der Waals surface area contributed by atoms with Gasteiger partial charge in [-0.1, -0.05) is 30.3 Å². The second-order valence-corrected chi connectivity index (χ2v) is 6.50. The first kappa shape index (κ1) is 21.9. The smallest absolute Gasteiger partial charge is 0.326 e. The third kappa shape index (κ3) is 6.60. The Hall–Kier alpha value is -3.42. The molecule has 0 saturated heterocycles. The molecule has 8 heteroatoms. The molecule has 2 aromatic carbocycles. The molecule has 0 heterocycles. The highest BCUT2D eigenvalue weighted by atomic mass is 19.1. The molecular weight excluding hydrogens is 379 g/mol. The molecule has 2 rings (SSSR count). The van der Waals surface area contributed by atoms with E-state index in [1.165, 1.54) is 32.2 Å². The van der Waals surface area contributed by atoms with Crippen LogP contribution in [0.4, 0.5) is 4.39 Å². The minimum atomic E-state index is -1.22. The summed E-state index contributed by atoms with van der Waals surface area (Å²) in [7, 11) is 1.52. The Morgan fingerprint density at radius 1 is 1.00 bits per heavy atom. The van der Waals surface area contributed by atoms with Gasteiger partial charge in [0.25, 0.3) is 0 Å². The number of amides is 2. The van der Waals surface area contributed by atoms with Crippen LogP contribution < -0.4 is 15.4 Å². The number of hydrogen-bond donors (Lipinski definition) is 3. The quantitative estimate of drug-likeness (QED) is 0.592. The van der Waals surface area contributed by atoms with E-state index in [-0.39, 0.29) is 18.4 Å². The number of nitrogens with one attached hydrogen (secondary N) is 2. The van der Waals surface area contributed by atoms with Crippen LogP contribution >= 0.6 is 0 Å². The summed E-state index contributed by atoms with van der Waals surface area (Å²) < 4.78 is 19.0. The fourth-order valence-corrected chi connectivity index (χ4v) is 2.81. The molecule has 29 heavy (non-hydrogen) atoms. The molecule has 0 spiro atoms. The van der Waals surface area contributed by atoms with Gasteiger partial charge in [0.15, 0.2) is 0 Å². The van der Waals surface area contributed by atoms with Crippen LogP contribution in [0.2, 0.25) is 0 Å². The number of carboxylic acids is 1. The topological polar surface area (TPSA) is 105 Å². The summed E-state index contributed by atoms with van der Waals surface area (Å²) in [4.78, 5) is 35.8. The molecule has 3 N–H and O–H groups in total. The Kier molecular flexibility index (Phi) is 7.70. The third-order valence-electron chi connectivity index (χ3n) is 4.29. The van der Waals surface area contributed by atoms with E-state index in [4.69, 9.17) is 4.74 Å². The molecule has 0 aliphatic rings. The van der Waals surface area contributed by atoms with Crippen molar-refractivity contribution in [3.63, 3.8) is 0 Å². The molecule has 0 saturated carbocycles. The average molecular weight is 402 g/mol. The van der Waals surface area contributed by atoms with Gasteiger partial charge in [-0.3, -0.25) is 9.59 Å². The number of rotatable bonds is 9. The molecule has 0 unspecified atom stereocenters. The Balaban J connectivity index is 2.13. The number of methoxy groups -OCH3 is 1. The van der Waals surface area contributed by atoms with Gasteiger partial charge in [-0.2, -0.15) is 0 Å². The molecule has 0 aliphatic heterocycles. The van der Waals surface area contributed by atoms with Crippen molar-refractivity contribution in [2.24, 2.45) is 0 Å². The number of carbonyl (C=O) groups is 3. The van der Waals surface area contributed by atoms with Crippen molar-refractivity contribution in [3.05, 3.63) is 65.5 Å². The van der Waals surface area contributed by atoms with E-state index in [0.29, 0.717) is 11.3 Å². The molecule has 0 aromatic heterocycles. The first-order chi connectivity index (χ1) is 13.8. The number of hydrogen-bond acceptors (Lipinski definition) is 4. The Labute approximate surface area is 167 Å². The molecule has 2 atom stereocenters. The fourth-order valence-electron chi connectivity index (χ4n) is 2.81. The van der Waals surface area contributed by atoms with Gasteiger partial charge in [0, 0.05) is 19.8 Å². The van der Waals surface area contributed by atoms with Crippen molar-refractivity contribution in [2.75, 3.05) is 7.11 Å². The molecule has 0 radical (unpaired) electrons. The maximum absolute atomic E-state index is 13.9. The Bertz CT molecular complexity index is 870. The lowest BCUT2D eigenvalue weighted by atomic mass is 10.0. The summed E-state index contributed by atoms with van der Waals surface area (Å²) in [5.74, 6) is -2.29. The average Bonchev–Trinajstić information content (AvgIpc) is 2.68. The Morgan fingerprint density at radius 3 is 2.21 bits per heavy atom. The van der Waals surface area contributed by atoms with E-state index >= 15 is 0 Å². The van der Waals surface area contributed by atoms with Crippen molar-refractivity contribution in [1.82, 2.24) is 10.6 Å². The first-order valence-corrected chi connectivity index (χ1v) is 8.96. The summed E-state index contributed by atoms with van der Waals surface area (Å²) in [5, 5.41) is 14.4. The lowest BCUT2D eigenvalue weighted by Gasteiger charge is -2.21. The highest BCUT2D eigenvalue weighted by molar-refractivity contribution is 5.90. The largest absolute Gasteiger partial charge is 0.497 e. The van der Waals surface area contributed by atoms with Gasteiger partial charge in [-0.25, -0.2) is 9.18 Å². The monoisotopic (exact) mass is 402 g/mol. The highest BCUT2D eigenvalue weighted by Gasteiger charge is 2.27. The van der Waals surface area contributed by atoms with Crippen LogP contribution in [0.1, 0.15) is 18.1 Å². The molecule has 7 nitrogen and oxygen atoms in total. The van der Waals surface area contributed by atoms with Gasteiger partial charge in [0.2, 0.25) is 11.8 Å². The van der Waals surface area contributed by atoms with E-state index in [2.05, 4.69) is 10.6 Å². The van der Waals surface area contributed by atoms with Crippen LogP contribution in [0.3, 0.4) is 0 Å². The zero-order valence-corrected chi connectivity index (χ0v) is 16.1. The maximum Gasteiger partial charge on any atom is 0.326 e. The minimum Gasteiger partial charge on any atom is -0.497 e. The molecule has 0 fully saturated rings. The van der Waals surface area contributed by atoms with Crippen molar-refractivity contribution in [2.45, 2.75) is 31.8 Å². The van der Waals surface area contributed by atoms with Crippen LogP contribution in [0, 0.1) is 5.82 Å². The molecular formula is C21H23FN2O5. The minimum absolute atomic E-state index is 0.0392. The number of benzene rings is 2. The zero-order chi connectivity index (χ0) is 21.4. The molecule has 0 aliphatic carbocycles. The zero-order valence-electron chi connectivity index (χ0n) is 16.1. The summed E-state index contributed by atoms with van der Waals surface area (Å²) in [6.45, 7) is 1.23. The van der Waals surface area contributed by atoms with Gasteiger partial charge >= 0.3 is 5.97 Å². The molecule has 0 bridgehead atoms. The van der Waals surface area contributed by atoms with Crippen molar-refractivity contribution >= 4 is 17.8 Å². The van der Waals surface area contributed by atoms with Gasteiger partial charge in [-0.15, -0.1) is 0 Å². The van der Waals surface area contributed by atoms with E-state index in [0.717, 1.165) is 0 Å². The van der Waals surface area contributed by atoms with E-state index in [1.54, 1.807) is 30.3 Å². The van der Waals surface area contributed by atoms with Crippen LogP contribution in [-0.2, 0) is 27.2 Å². The third-order valence-corrected chi connectivity index (χ3v) is 4.29. The van der Waals surface area contributed by atoms with Crippen LogP contribution in [0.5, 0.6) is 5.75 Å². The maximum atomic E-state index is 13.9. The number of carboxylic acid groups (broad SMARTS) is 1. The number of carbonyl (C=O) groups excluding carboxylic acids is 2. The second kappa shape index (κ2) is 10.2. The van der Waals surface area contributed by atoms with Gasteiger partial charge < -0.3 is 20.5 Å². The predicted molar refractivity (Wildman–Crippen MR) is 104 cm³/mol. The standard InChI is InChI=1S/C21H23FN2O5/c1-13(25)23-18(12-15-5-3-4-6-17(15)22)20(26)24-19(21(27)28)11-14-7-9-16(29-2)10-8-14/h3-10,18-19H,11-12H2,1-2H3,(H,23,25)(H,24,26)(H,27,28)/t18-,19+/m1/s1. The summed E-state index contributed by atoms with van der Waals surface area (Å²) in [5.41, 5.74) is 0.923. The number of halogens is 1. The van der Waals surface area contributed by atoms with Crippen molar-refractivity contribution in [3.8, 4) is 5.75 Å². The molecule has 2 amide bonds. The number of ether oxygens (including phenoxy) is 1. The fraction of sp³-hybridized carbons (Fsp3) is 0.286. The van der Waals surface area contributed by atoms with Gasteiger partial charge in [0.05, 0.1) is 7.11 Å². The second-order valence-electron chi connectivity index (χ2n) is 6.50. The highest BCUT2D eigenvalue weighted by Crippen LogP contribution is 2.14. The first-order valence-electron chi connectivity index (χ1n) is 8.96. The van der Waals surface area contributed by atoms with Crippen LogP contribution in [0.25, 0.3) is 0 Å². The van der Waals surface area contributed by atoms with Crippen molar-refractivity contribution in [1.29, 1.82) is 0 Å². The predicted octanol–water partition coefficient (Wildman–Crippen LogP) is 1.69. The lowest BCUT2D eigenvalue weighted by molar-refractivity contribution is -0.142. The SMILES string of the molecule is COc1ccc(C[C@H](NC(=O)[C@@H](Cc2ccccc2F)NC(C)=O)C(=O)O)cc1. The number of aliphatic carboxylic acids is 1. The molecule has 154 valence electrons. The van der Waals surface area contributed by atoms with E-state index in [9.17, 15) is 23.9 Å². The normalized spacial score (nSPS) is 12.5. The van der Waals surface area contributed by atoms with E-state index < -0.39 is 35.7 Å². The van der Waals surface area contributed by atoms with Gasteiger partial charge in [-0.05, 0) is 29.3 Å². The van der Waals surface area contributed by atoms with Crippen LogP contribution in [-0.4, -0.2) is 42.1 Å². The van der Waals surface area contributed by atoms with E-state index in [1.807, 2.05) is 0 Å². The molecule has 2 aromatic rings. The summed E-state index contributed by atoms with van der Waals surface area (Å²) >= 11 is 0. The van der Waals surface area contributed by atoms with Crippen molar-refractivity contribution < 1.29 is 28.6 Å². The summed E-state index contributed by atoms with van der Waals surface area (Å²) in [6.07, 6.45) is -0.0650. The Morgan fingerprint density at radius 2 is 1.66 bits per heavy atom. The summed E-state index contributed by atoms with van der Waals surface area (Å²) in [6, 6.07) is 10.3. The van der Waals surface area contributed by atoms with Gasteiger partial charge in [0.1, 0.15) is 23.7 Å².